The SMILES string of the molecule is CCCCCCCCOc1c(Cl)cc(C=C(C#N)C(=O)Nc2ccc(Cl)cc2)cc1OC. The molecule has 0 spiro atoms. The normalized spacial score (nSPS) is 11.0. The molecule has 32 heavy (non-hydrogen) atoms. The molecule has 0 aliphatic heterocycles. The molecule has 0 saturated heterocycles. The summed E-state index contributed by atoms with van der Waals surface area (Å²) in [4.78, 5) is 12.5. The van der Waals surface area contributed by atoms with Crippen LogP contribution in [-0.2, 0) is 4.79 Å². The average Bonchev–Trinajstić information content (AvgIpc) is 2.79. The van der Waals surface area contributed by atoms with E-state index in [4.69, 9.17) is 32.7 Å². The van der Waals surface area contributed by atoms with Crippen LogP contribution in [0.4, 0.5) is 5.69 Å². The van der Waals surface area contributed by atoms with E-state index in [-0.39, 0.29) is 5.57 Å². The summed E-state index contributed by atoms with van der Waals surface area (Å²) < 4.78 is 11.3. The number of methoxy groups -OCH3 is 1. The van der Waals surface area contributed by atoms with Gasteiger partial charge in [-0.15, -0.1) is 0 Å². The molecule has 0 heterocycles. The van der Waals surface area contributed by atoms with Crippen LogP contribution >= 0.6 is 23.2 Å². The molecule has 0 unspecified atom stereocenters. The van der Waals surface area contributed by atoms with Crippen molar-refractivity contribution in [3.8, 4) is 17.6 Å². The van der Waals surface area contributed by atoms with Crippen molar-refractivity contribution in [1.29, 1.82) is 5.26 Å². The number of benzene rings is 2. The monoisotopic (exact) mass is 474 g/mol. The number of carbonyl (C=O) groups excluding carboxylic acids is 1. The first-order valence-electron chi connectivity index (χ1n) is 10.7. The highest BCUT2D eigenvalue weighted by atomic mass is 35.5. The van der Waals surface area contributed by atoms with Gasteiger partial charge in [0.05, 0.1) is 18.7 Å². The lowest BCUT2D eigenvalue weighted by Crippen LogP contribution is -2.13. The van der Waals surface area contributed by atoms with Crippen LogP contribution in [-0.4, -0.2) is 19.6 Å². The molecule has 0 radical (unpaired) electrons. The lowest BCUT2D eigenvalue weighted by molar-refractivity contribution is -0.112. The Morgan fingerprint density at radius 1 is 1.09 bits per heavy atom. The van der Waals surface area contributed by atoms with E-state index in [1.807, 2.05) is 6.07 Å². The Hall–Kier alpha value is -2.68. The van der Waals surface area contributed by atoms with E-state index in [1.54, 1.807) is 36.4 Å². The molecule has 0 aliphatic rings. The van der Waals surface area contributed by atoms with Crippen LogP contribution in [0.5, 0.6) is 11.5 Å². The maximum atomic E-state index is 12.5. The Labute approximate surface area is 199 Å². The minimum absolute atomic E-state index is 0.0705. The third-order valence-corrected chi connectivity index (χ3v) is 5.31. The van der Waals surface area contributed by atoms with Crippen LogP contribution in [0.2, 0.25) is 10.0 Å². The fourth-order valence-corrected chi connectivity index (χ4v) is 3.47. The molecule has 0 aliphatic carbocycles. The predicted octanol–water partition coefficient (Wildman–Crippen LogP) is 7.29. The van der Waals surface area contributed by atoms with E-state index in [1.165, 1.54) is 38.9 Å². The zero-order valence-electron chi connectivity index (χ0n) is 18.4. The fraction of sp³-hybridized carbons (Fsp3) is 0.360. The minimum atomic E-state index is -0.534. The third-order valence-electron chi connectivity index (χ3n) is 4.77. The van der Waals surface area contributed by atoms with Gasteiger partial charge >= 0.3 is 0 Å². The Morgan fingerprint density at radius 3 is 2.44 bits per heavy atom. The molecule has 1 N–H and O–H groups in total. The molecule has 0 saturated carbocycles. The van der Waals surface area contributed by atoms with E-state index in [0.717, 1.165) is 12.8 Å². The lowest BCUT2D eigenvalue weighted by Gasteiger charge is -2.13. The summed E-state index contributed by atoms with van der Waals surface area (Å²) in [6.07, 6.45) is 8.42. The predicted molar refractivity (Wildman–Crippen MR) is 131 cm³/mol. The van der Waals surface area contributed by atoms with Crippen molar-refractivity contribution in [3.05, 3.63) is 57.6 Å². The van der Waals surface area contributed by atoms with Crippen molar-refractivity contribution >= 4 is 40.9 Å². The average molecular weight is 475 g/mol. The summed E-state index contributed by atoms with van der Waals surface area (Å²) in [6.45, 7) is 2.74. The Balaban J connectivity index is 2.07. The van der Waals surface area contributed by atoms with E-state index in [9.17, 15) is 10.1 Å². The summed E-state index contributed by atoms with van der Waals surface area (Å²) >= 11 is 12.3. The molecule has 0 bridgehead atoms. The maximum Gasteiger partial charge on any atom is 0.266 e. The number of amides is 1. The van der Waals surface area contributed by atoms with Gasteiger partial charge in [-0.05, 0) is 54.5 Å². The van der Waals surface area contributed by atoms with Gasteiger partial charge in [0, 0.05) is 10.7 Å². The highest BCUT2D eigenvalue weighted by molar-refractivity contribution is 6.32. The Kier molecular flexibility index (Phi) is 10.9. The summed E-state index contributed by atoms with van der Waals surface area (Å²) in [5.41, 5.74) is 1.02. The molecule has 2 rings (SSSR count). The molecule has 2 aromatic carbocycles. The Bertz CT molecular complexity index is 966. The molecule has 2 aromatic rings. The Morgan fingerprint density at radius 2 is 1.78 bits per heavy atom. The molecule has 0 aromatic heterocycles. The van der Waals surface area contributed by atoms with Crippen molar-refractivity contribution in [2.75, 3.05) is 19.0 Å². The molecule has 1 amide bonds. The number of anilines is 1. The van der Waals surface area contributed by atoms with Crippen LogP contribution < -0.4 is 14.8 Å². The minimum Gasteiger partial charge on any atom is -0.493 e. The number of hydrogen-bond donors (Lipinski definition) is 1. The van der Waals surface area contributed by atoms with E-state index < -0.39 is 5.91 Å². The van der Waals surface area contributed by atoms with Crippen molar-refractivity contribution in [3.63, 3.8) is 0 Å². The van der Waals surface area contributed by atoms with Gasteiger partial charge in [0.1, 0.15) is 11.6 Å². The van der Waals surface area contributed by atoms with Gasteiger partial charge < -0.3 is 14.8 Å². The molecular formula is C25H28Cl2N2O3. The summed E-state index contributed by atoms with van der Waals surface area (Å²) in [5.74, 6) is 0.377. The number of halogens is 2. The van der Waals surface area contributed by atoms with Gasteiger partial charge in [0.15, 0.2) is 11.5 Å². The van der Waals surface area contributed by atoms with Gasteiger partial charge in [-0.3, -0.25) is 4.79 Å². The smallest absolute Gasteiger partial charge is 0.266 e. The van der Waals surface area contributed by atoms with Crippen LogP contribution in [0.25, 0.3) is 6.08 Å². The lowest BCUT2D eigenvalue weighted by atomic mass is 10.1. The molecule has 7 heteroatoms. The number of rotatable bonds is 12. The van der Waals surface area contributed by atoms with Gasteiger partial charge in [0.2, 0.25) is 0 Å². The fourth-order valence-electron chi connectivity index (χ4n) is 3.07. The summed E-state index contributed by atoms with van der Waals surface area (Å²) in [6, 6.07) is 11.9. The summed E-state index contributed by atoms with van der Waals surface area (Å²) in [5, 5.41) is 13.0. The molecule has 0 fully saturated rings. The summed E-state index contributed by atoms with van der Waals surface area (Å²) in [7, 11) is 1.52. The first kappa shape index (κ1) is 25.6. The molecule has 5 nitrogen and oxygen atoms in total. The number of nitrogens with one attached hydrogen (secondary N) is 1. The number of ether oxygens (including phenoxy) is 2. The highest BCUT2D eigenvalue weighted by Crippen LogP contribution is 2.37. The number of unbranched alkanes of at least 4 members (excludes halogenated alkanes) is 5. The largest absolute Gasteiger partial charge is 0.493 e. The van der Waals surface area contributed by atoms with E-state index >= 15 is 0 Å². The van der Waals surface area contributed by atoms with Crippen LogP contribution in [0.15, 0.2) is 42.0 Å². The van der Waals surface area contributed by atoms with Crippen molar-refractivity contribution in [2.45, 2.75) is 45.4 Å². The quantitative estimate of drug-likeness (QED) is 0.199. The van der Waals surface area contributed by atoms with Crippen LogP contribution in [0.1, 0.15) is 51.0 Å². The zero-order chi connectivity index (χ0) is 23.3. The molecule has 170 valence electrons. The zero-order valence-corrected chi connectivity index (χ0v) is 19.9. The van der Waals surface area contributed by atoms with Crippen LogP contribution in [0, 0.1) is 11.3 Å². The van der Waals surface area contributed by atoms with Crippen LogP contribution in [0.3, 0.4) is 0 Å². The van der Waals surface area contributed by atoms with Crippen molar-refractivity contribution < 1.29 is 14.3 Å². The number of carbonyl (C=O) groups is 1. The van der Waals surface area contributed by atoms with Crippen molar-refractivity contribution in [1.82, 2.24) is 0 Å². The first-order chi connectivity index (χ1) is 15.5. The van der Waals surface area contributed by atoms with Gasteiger partial charge in [-0.2, -0.15) is 5.26 Å². The standard InChI is InChI=1S/C25H28Cl2N2O3/c1-3-4-5-6-7-8-13-32-24-22(27)15-18(16-23(24)31-2)14-19(17-28)25(30)29-21-11-9-20(26)10-12-21/h9-12,14-16H,3-8,13H2,1-2H3,(H,29,30). The second kappa shape index (κ2) is 13.7. The topological polar surface area (TPSA) is 71.3 Å². The second-order valence-corrected chi connectivity index (χ2v) is 8.12. The van der Waals surface area contributed by atoms with Crippen molar-refractivity contribution in [2.24, 2.45) is 0 Å². The molecular weight excluding hydrogens is 447 g/mol. The van der Waals surface area contributed by atoms with Gasteiger partial charge in [-0.1, -0.05) is 62.2 Å². The number of nitrogens with zero attached hydrogens (tertiary/aromatic N) is 1. The maximum absolute atomic E-state index is 12.5. The third kappa shape index (κ3) is 8.11. The number of nitriles is 1. The van der Waals surface area contributed by atoms with Gasteiger partial charge in [-0.25, -0.2) is 0 Å². The van der Waals surface area contributed by atoms with E-state index in [2.05, 4.69) is 12.2 Å². The van der Waals surface area contributed by atoms with Gasteiger partial charge in [0.25, 0.3) is 5.91 Å². The highest BCUT2D eigenvalue weighted by Gasteiger charge is 2.14. The second-order valence-electron chi connectivity index (χ2n) is 7.28. The van der Waals surface area contributed by atoms with E-state index in [0.29, 0.717) is 39.4 Å². The number of hydrogen-bond acceptors (Lipinski definition) is 4. The first-order valence-corrected chi connectivity index (χ1v) is 11.4. The molecule has 0 atom stereocenters.